The molecule has 1 aliphatic rings. The Morgan fingerprint density at radius 2 is 2.25 bits per heavy atom. The highest BCUT2D eigenvalue weighted by atomic mass is 15.2. The molecule has 1 aromatic heterocycles. The number of hydrogen-bond acceptors (Lipinski definition) is 3. The third kappa shape index (κ3) is 2.19. The Bertz CT molecular complexity index is 362. The summed E-state index contributed by atoms with van der Waals surface area (Å²) >= 11 is 0. The van der Waals surface area contributed by atoms with Crippen LogP contribution in [0.2, 0.25) is 0 Å². The van der Waals surface area contributed by atoms with Crippen molar-refractivity contribution in [2.75, 3.05) is 18.8 Å². The molecule has 1 aliphatic heterocycles. The zero-order valence-electron chi connectivity index (χ0n) is 10.2. The molecule has 1 atom stereocenters. The number of rotatable bonds is 2. The summed E-state index contributed by atoms with van der Waals surface area (Å²) in [5.74, 6) is 0.625. The number of nitrogen functional groups attached to an aromatic ring is 1. The van der Waals surface area contributed by atoms with Crippen LogP contribution in [0.15, 0.2) is 12.1 Å². The number of pyridine rings is 1. The Balaban J connectivity index is 2.27. The lowest BCUT2D eigenvalue weighted by Gasteiger charge is -2.35. The highest BCUT2D eigenvalue weighted by Gasteiger charge is 2.24. The highest BCUT2D eigenvalue weighted by Crippen LogP contribution is 2.31. The highest BCUT2D eigenvalue weighted by molar-refractivity contribution is 5.35. The molecule has 88 valence electrons. The van der Waals surface area contributed by atoms with Crippen LogP contribution in [-0.4, -0.2) is 23.0 Å². The van der Waals surface area contributed by atoms with E-state index in [0.717, 1.165) is 12.2 Å². The molecule has 0 bridgehead atoms. The molecule has 3 heteroatoms. The van der Waals surface area contributed by atoms with Crippen LogP contribution >= 0.6 is 0 Å². The van der Waals surface area contributed by atoms with E-state index in [4.69, 9.17) is 5.73 Å². The van der Waals surface area contributed by atoms with Crippen LogP contribution in [0.3, 0.4) is 0 Å². The molecule has 0 radical (unpaired) electrons. The molecule has 1 aromatic rings. The second-order valence-corrected chi connectivity index (χ2v) is 4.55. The Morgan fingerprint density at radius 3 is 2.94 bits per heavy atom. The smallest absolute Gasteiger partial charge is 0.123 e. The topological polar surface area (TPSA) is 42.1 Å². The molecule has 0 amide bonds. The maximum atomic E-state index is 5.70. The summed E-state index contributed by atoms with van der Waals surface area (Å²) < 4.78 is 0. The van der Waals surface area contributed by atoms with E-state index in [0.29, 0.717) is 11.9 Å². The average Bonchev–Trinajstić information content (AvgIpc) is 2.29. The molecule has 16 heavy (non-hydrogen) atoms. The molecule has 0 saturated carbocycles. The lowest BCUT2D eigenvalue weighted by atomic mass is 9.94. The first-order valence-corrected chi connectivity index (χ1v) is 6.19. The van der Waals surface area contributed by atoms with Crippen molar-refractivity contribution in [3.8, 4) is 0 Å². The molecule has 3 nitrogen and oxygen atoms in total. The van der Waals surface area contributed by atoms with Crippen molar-refractivity contribution in [3.05, 3.63) is 23.4 Å². The van der Waals surface area contributed by atoms with Gasteiger partial charge in [-0.05, 0) is 44.5 Å². The second kappa shape index (κ2) is 4.83. The first-order valence-electron chi connectivity index (χ1n) is 6.19. The van der Waals surface area contributed by atoms with Gasteiger partial charge in [0.2, 0.25) is 0 Å². The van der Waals surface area contributed by atoms with Crippen LogP contribution in [0, 0.1) is 6.92 Å². The van der Waals surface area contributed by atoms with Gasteiger partial charge in [-0.25, -0.2) is 4.98 Å². The van der Waals surface area contributed by atoms with Crippen molar-refractivity contribution in [1.82, 2.24) is 9.88 Å². The molecule has 2 heterocycles. The van der Waals surface area contributed by atoms with Gasteiger partial charge in [0.05, 0.1) is 0 Å². The second-order valence-electron chi connectivity index (χ2n) is 4.55. The normalized spacial score (nSPS) is 22.2. The van der Waals surface area contributed by atoms with Gasteiger partial charge < -0.3 is 5.73 Å². The third-order valence-corrected chi connectivity index (χ3v) is 3.53. The molecule has 1 saturated heterocycles. The average molecular weight is 219 g/mol. The molecule has 1 fully saturated rings. The maximum Gasteiger partial charge on any atom is 0.123 e. The third-order valence-electron chi connectivity index (χ3n) is 3.53. The number of anilines is 1. The van der Waals surface area contributed by atoms with Gasteiger partial charge in [0.1, 0.15) is 5.82 Å². The van der Waals surface area contributed by atoms with Crippen molar-refractivity contribution in [2.24, 2.45) is 0 Å². The number of hydrogen-bond donors (Lipinski definition) is 1. The van der Waals surface area contributed by atoms with Crippen LogP contribution in [0.25, 0.3) is 0 Å². The van der Waals surface area contributed by atoms with Gasteiger partial charge in [0, 0.05) is 11.7 Å². The van der Waals surface area contributed by atoms with Gasteiger partial charge in [0.25, 0.3) is 0 Å². The van der Waals surface area contributed by atoms with Crippen LogP contribution in [0.4, 0.5) is 5.82 Å². The van der Waals surface area contributed by atoms with Gasteiger partial charge in [-0.3, -0.25) is 4.90 Å². The van der Waals surface area contributed by atoms with Crippen LogP contribution in [-0.2, 0) is 0 Å². The molecular weight excluding hydrogens is 198 g/mol. The van der Waals surface area contributed by atoms with E-state index in [1.165, 1.54) is 31.4 Å². The van der Waals surface area contributed by atoms with Gasteiger partial charge >= 0.3 is 0 Å². The maximum absolute atomic E-state index is 5.70. The Morgan fingerprint density at radius 1 is 1.44 bits per heavy atom. The first-order chi connectivity index (χ1) is 7.72. The predicted octanol–water partition coefficient (Wildman–Crippen LogP) is 2.52. The van der Waals surface area contributed by atoms with Gasteiger partial charge in [-0.1, -0.05) is 19.4 Å². The molecule has 0 unspecified atom stereocenters. The first kappa shape index (κ1) is 11.4. The van der Waals surface area contributed by atoms with E-state index < -0.39 is 0 Å². The lowest BCUT2D eigenvalue weighted by Crippen LogP contribution is -2.33. The number of nitrogens with two attached hydrogens (primary N) is 1. The molecule has 2 rings (SSSR count). The summed E-state index contributed by atoms with van der Waals surface area (Å²) in [5, 5.41) is 0. The standard InChI is InChI=1S/C13H21N3/c1-3-16-9-5-4-6-12(16)11-7-8-13(14)15-10(11)2/h7-8,12H,3-6,9H2,1-2H3,(H2,14,15)/t12-/m0/s1. The van der Waals surface area contributed by atoms with Crippen molar-refractivity contribution in [3.63, 3.8) is 0 Å². The summed E-state index contributed by atoms with van der Waals surface area (Å²) in [6, 6.07) is 4.62. The van der Waals surface area contributed by atoms with Gasteiger partial charge in [0.15, 0.2) is 0 Å². The number of aryl methyl sites for hydroxylation is 1. The number of nitrogens with zero attached hydrogens (tertiary/aromatic N) is 2. The molecule has 0 aromatic carbocycles. The fourth-order valence-corrected chi connectivity index (χ4v) is 2.67. The van der Waals surface area contributed by atoms with E-state index in [9.17, 15) is 0 Å². The summed E-state index contributed by atoms with van der Waals surface area (Å²) in [7, 11) is 0. The van der Waals surface area contributed by atoms with E-state index >= 15 is 0 Å². The fraction of sp³-hybridized carbons (Fsp3) is 0.615. The summed E-state index contributed by atoms with van der Waals surface area (Å²) in [6.07, 6.45) is 3.90. The zero-order chi connectivity index (χ0) is 11.5. The molecule has 0 spiro atoms. The van der Waals surface area contributed by atoms with Gasteiger partial charge in [-0.15, -0.1) is 0 Å². The van der Waals surface area contributed by atoms with E-state index in [1.54, 1.807) is 0 Å². The van der Waals surface area contributed by atoms with Crippen LogP contribution < -0.4 is 5.73 Å². The summed E-state index contributed by atoms with van der Waals surface area (Å²) in [6.45, 7) is 6.63. The number of aromatic nitrogens is 1. The van der Waals surface area contributed by atoms with Crippen molar-refractivity contribution in [1.29, 1.82) is 0 Å². The minimum atomic E-state index is 0.548. The minimum absolute atomic E-state index is 0.548. The van der Waals surface area contributed by atoms with E-state index in [1.807, 2.05) is 6.07 Å². The van der Waals surface area contributed by atoms with Crippen LogP contribution in [0.5, 0.6) is 0 Å². The Labute approximate surface area is 97.7 Å². The number of piperidine rings is 1. The monoisotopic (exact) mass is 219 g/mol. The van der Waals surface area contributed by atoms with Gasteiger partial charge in [-0.2, -0.15) is 0 Å². The fourth-order valence-electron chi connectivity index (χ4n) is 2.67. The SMILES string of the molecule is CCN1CCCC[C@H]1c1ccc(N)nc1C. The molecule has 0 aliphatic carbocycles. The zero-order valence-corrected chi connectivity index (χ0v) is 10.2. The Hall–Kier alpha value is -1.09. The summed E-state index contributed by atoms with van der Waals surface area (Å²) in [4.78, 5) is 6.91. The van der Waals surface area contributed by atoms with Crippen molar-refractivity contribution >= 4 is 5.82 Å². The van der Waals surface area contributed by atoms with Crippen molar-refractivity contribution < 1.29 is 0 Å². The molecular formula is C13H21N3. The lowest BCUT2D eigenvalue weighted by molar-refractivity contribution is 0.156. The number of likely N-dealkylation sites (tertiary alicyclic amines) is 1. The van der Waals surface area contributed by atoms with E-state index in [2.05, 4.69) is 29.8 Å². The van der Waals surface area contributed by atoms with Crippen molar-refractivity contribution in [2.45, 2.75) is 39.2 Å². The minimum Gasteiger partial charge on any atom is -0.384 e. The Kier molecular flexibility index (Phi) is 3.44. The van der Waals surface area contributed by atoms with E-state index in [-0.39, 0.29) is 0 Å². The predicted molar refractivity (Wildman–Crippen MR) is 67.2 cm³/mol. The largest absolute Gasteiger partial charge is 0.384 e. The quantitative estimate of drug-likeness (QED) is 0.831. The molecule has 2 N–H and O–H groups in total. The summed E-state index contributed by atoms with van der Waals surface area (Å²) in [5.41, 5.74) is 8.14. The van der Waals surface area contributed by atoms with Crippen LogP contribution in [0.1, 0.15) is 43.5 Å².